The molecular formula is C27H30BN3O5. The summed E-state index contributed by atoms with van der Waals surface area (Å²) in [6, 6.07) is 22.6. The summed E-state index contributed by atoms with van der Waals surface area (Å²) in [5.74, 6) is -0.850. The van der Waals surface area contributed by atoms with Crippen molar-refractivity contribution in [3.05, 3.63) is 89.7 Å². The van der Waals surface area contributed by atoms with Gasteiger partial charge in [-0.2, -0.15) is 5.26 Å². The van der Waals surface area contributed by atoms with Crippen LogP contribution in [-0.4, -0.2) is 47.7 Å². The Morgan fingerprint density at radius 3 is 2.50 bits per heavy atom. The fourth-order valence-corrected chi connectivity index (χ4v) is 3.91. The first kappa shape index (κ1) is 26.7. The lowest BCUT2D eigenvalue weighted by atomic mass is 9.76. The Bertz CT molecular complexity index is 1160. The van der Waals surface area contributed by atoms with Crippen molar-refractivity contribution in [2.24, 2.45) is 0 Å². The van der Waals surface area contributed by atoms with E-state index in [2.05, 4.69) is 16.4 Å². The van der Waals surface area contributed by atoms with E-state index in [4.69, 9.17) is 9.47 Å². The van der Waals surface area contributed by atoms with Crippen LogP contribution in [0.15, 0.2) is 72.9 Å². The molecule has 0 fully saturated rings. The fourth-order valence-electron chi connectivity index (χ4n) is 3.91. The number of carbonyl (C=O) groups is 1. The van der Waals surface area contributed by atoms with E-state index in [0.717, 1.165) is 11.1 Å². The standard InChI is InChI=1S/C27H30BN3O5/c1-19(22(18-29)23-10-6-7-14-30-23)21-11-12-24(35-2)25(17-21)36-15-13-27(32)31-26(28(33)34)16-20-8-4-3-5-9-20/h3-12,14,17,19,22,26,33-34H,13,15-16H2,1-2H3,(H,31,32)/t19?,22?,26-/m0/s1. The lowest BCUT2D eigenvalue weighted by Crippen LogP contribution is -2.48. The molecule has 0 spiro atoms. The van der Waals surface area contributed by atoms with Crippen molar-refractivity contribution >= 4 is 13.0 Å². The van der Waals surface area contributed by atoms with Gasteiger partial charge in [0.2, 0.25) is 5.91 Å². The van der Waals surface area contributed by atoms with Gasteiger partial charge >= 0.3 is 7.12 Å². The molecule has 0 aliphatic heterocycles. The molecule has 2 unspecified atom stereocenters. The highest BCUT2D eigenvalue weighted by Gasteiger charge is 2.26. The number of pyridine rings is 1. The molecular weight excluding hydrogens is 457 g/mol. The van der Waals surface area contributed by atoms with Crippen LogP contribution >= 0.6 is 0 Å². The number of hydrogen-bond acceptors (Lipinski definition) is 7. The first-order valence-corrected chi connectivity index (χ1v) is 11.7. The average Bonchev–Trinajstić information content (AvgIpc) is 2.89. The molecule has 8 nitrogen and oxygen atoms in total. The summed E-state index contributed by atoms with van der Waals surface area (Å²) < 4.78 is 11.3. The normalized spacial score (nSPS) is 13.1. The number of benzene rings is 2. The van der Waals surface area contributed by atoms with E-state index in [9.17, 15) is 20.1 Å². The Hall–Kier alpha value is -3.87. The number of nitrogens with one attached hydrogen (secondary N) is 1. The molecule has 1 amide bonds. The summed E-state index contributed by atoms with van der Waals surface area (Å²) >= 11 is 0. The van der Waals surface area contributed by atoms with Crippen LogP contribution in [0.1, 0.15) is 42.0 Å². The highest BCUT2D eigenvalue weighted by molar-refractivity contribution is 6.43. The average molecular weight is 487 g/mol. The zero-order valence-electron chi connectivity index (χ0n) is 20.4. The summed E-state index contributed by atoms with van der Waals surface area (Å²) in [4.78, 5) is 16.8. The van der Waals surface area contributed by atoms with Crippen LogP contribution in [0, 0.1) is 11.3 Å². The highest BCUT2D eigenvalue weighted by atomic mass is 16.5. The minimum absolute atomic E-state index is 0.00962. The van der Waals surface area contributed by atoms with Gasteiger partial charge in [-0.15, -0.1) is 0 Å². The van der Waals surface area contributed by atoms with Crippen LogP contribution in [0.4, 0.5) is 0 Å². The smallest absolute Gasteiger partial charge is 0.475 e. The van der Waals surface area contributed by atoms with Gasteiger partial charge < -0.3 is 24.8 Å². The quantitative estimate of drug-likeness (QED) is 0.336. The second kappa shape index (κ2) is 13.3. The molecule has 186 valence electrons. The van der Waals surface area contributed by atoms with Crippen molar-refractivity contribution in [1.29, 1.82) is 5.26 Å². The van der Waals surface area contributed by atoms with Crippen LogP contribution in [0.25, 0.3) is 0 Å². The third-order valence-corrected chi connectivity index (χ3v) is 5.95. The Labute approximate surface area is 211 Å². The van der Waals surface area contributed by atoms with E-state index in [-0.39, 0.29) is 31.3 Å². The molecule has 3 atom stereocenters. The Morgan fingerprint density at radius 2 is 1.86 bits per heavy atom. The lowest BCUT2D eigenvalue weighted by Gasteiger charge is -2.20. The zero-order chi connectivity index (χ0) is 25.9. The number of ether oxygens (including phenoxy) is 2. The van der Waals surface area contributed by atoms with Gasteiger partial charge in [0.05, 0.1) is 43.8 Å². The van der Waals surface area contributed by atoms with Crippen molar-refractivity contribution in [2.45, 2.75) is 37.5 Å². The van der Waals surface area contributed by atoms with Gasteiger partial charge in [0.15, 0.2) is 11.5 Å². The molecule has 3 rings (SSSR count). The molecule has 1 heterocycles. The Kier molecular flexibility index (Phi) is 9.87. The fraction of sp³-hybridized carbons (Fsp3) is 0.296. The van der Waals surface area contributed by atoms with E-state index in [1.807, 2.05) is 67.6 Å². The van der Waals surface area contributed by atoms with Gasteiger partial charge in [0.25, 0.3) is 0 Å². The molecule has 36 heavy (non-hydrogen) atoms. The third-order valence-electron chi connectivity index (χ3n) is 5.95. The summed E-state index contributed by atoms with van der Waals surface area (Å²) in [6.07, 6.45) is 1.96. The van der Waals surface area contributed by atoms with E-state index in [0.29, 0.717) is 17.2 Å². The molecule has 3 aromatic rings. The van der Waals surface area contributed by atoms with Gasteiger partial charge in [-0.25, -0.2) is 0 Å². The number of aromatic nitrogens is 1. The summed E-state index contributed by atoms with van der Waals surface area (Å²) in [6.45, 7) is 2.01. The third kappa shape index (κ3) is 7.31. The van der Waals surface area contributed by atoms with Gasteiger partial charge in [-0.3, -0.25) is 9.78 Å². The number of nitrogens with zero attached hydrogens (tertiary/aromatic N) is 2. The number of carbonyl (C=O) groups excluding carboxylic acids is 1. The molecule has 0 aliphatic rings. The van der Waals surface area contributed by atoms with E-state index in [1.54, 1.807) is 12.3 Å². The topological polar surface area (TPSA) is 125 Å². The van der Waals surface area contributed by atoms with E-state index < -0.39 is 19.0 Å². The molecule has 1 aromatic heterocycles. The maximum Gasteiger partial charge on any atom is 0.475 e. The van der Waals surface area contributed by atoms with E-state index in [1.165, 1.54) is 7.11 Å². The molecule has 0 radical (unpaired) electrons. The maximum absolute atomic E-state index is 12.5. The van der Waals surface area contributed by atoms with Crippen molar-refractivity contribution in [1.82, 2.24) is 10.3 Å². The second-order valence-electron chi connectivity index (χ2n) is 8.44. The minimum atomic E-state index is -1.69. The number of methoxy groups -OCH3 is 1. The molecule has 2 aromatic carbocycles. The lowest BCUT2D eigenvalue weighted by molar-refractivity contribution is -0.122. The summed E-state index contributed by atoms with van der Waals surface area (Å²) in [5.41, 5.74) is 2.45. The van der Waals surface area contributed by atoms with Crippen molar-refractivity contribution in [3.8, 4) is 17.6 Å². The van der Waals surface area contributed by atoms with Crippen molar-refractivity contribution in [2.75, 3.05) is 13.7 Å². The Morgan fingerprint density at radius 1 is 1.11 bits per heavy atom. The zero-order valence-corrected chi connectivity index (χ0v) is 20.4. The first-order valence-electron chi connectivity index (χ1n) is 11.7. The number of amides is 1. The molecule has 3 N–H and O–H groups in total. The van der Waals surface area contributed by atoms with Crippen LogP contribution in [0.3, 0.4) is 0 Å². The highest BCUT2D eigenvalue weighted by Crippen LogP contribution is 2.36. The number of rotatable bonds is 12. The minimum Gasteiger partial charge on any atom is -0.493 e. The largest absolute Gasteiger partial charge is 0.493 e. The summed E-state index contributed by atoms with van der Waals surface area (Å²) in [7, 11) is -0.165. The summed E-state index contributed by atoms with van der Waals surface area (Å²) in [5, 5.41) is 31.8. The SMILES string of the molecule is COc1ccc(C(C)C(C#N)c2ccccn2)cc1OCCC(=O)N[C@@H](Cc1ccccc1)B(O)O. The van der Waals surface area contributed by atoms with Crippen LogP contribution in [0.2, 0.25) is 0 Å². The predicted molar refractivity (Wildman–Crippen MR) is 136 cm³/mol. The van der Waals surface area contributed by atoms with Crippen LogP contribution < -0.4 is 14.8 Å². The molecule has 0 saturated heterocycles. The van der Waals surface area contributed by atoms with Gasteiger partial charge in [0, 0.05) is 12.1 Å². The molecule has 0 aliphatic carbocycles. The van der Waals surface area contributed by atoms with Crippen molar-refractivity contribution < 1.29 is 24.3 Å². The van der Waals surface area contributed by atoms with Crippen LogP contribution in [-0.2, 0) is 11.2 Å². The van der Waals surface area contributed by atoms with Crippen LogP contribution in [0.5, 0.6) is 11.5 Å². The van der Waals surface area contributed by atoms with Gasteiger partial charge in [-0.1, -0.05) is 49.4 Å². The number of nitriles is 1. The van der Waals surface area contributed by atoms with Gasteiger partial charge in [-0.05, 0) is 41.8 Å². The molecule has 9 heteroatoms. The van der Waals surface area contributed by atoms with Crippen molar-refractivity contribution in [3.63, 3.8) is 0 Å². The maximum atomic E-state index is 12.5. The predicted octanol–water partition coefficient (Wildman–Crippen LogP) is 3.01. The van der Waals surface area contributed by atoms with E-state index >= 15 is 0 Å². The monoisotopic (exact) mass is 487 g/mol. The Balaban J connectivity index is 1.62. The number of hydrogen-bond donors (Lipinski definition) is 3. The van der Waals surface area contributed by atoms with Gasteiger partial charge in [0.1, 0.15) is 0 Å². The molecule has 0 bridgehead atoms. The molecule has 0 saturated carbocycles. The second-order valence-corrected chi connectivity index (χ2v) is 8.44. The first-order chi connectivity index (χ1) is 17.4.